The highest BCUT2D eigenvalue weighted by atomic mass is 16.4. The van der Waals surface area contributed by atoms with E-state index >= 15 is 0 Å². The number of para-hydroxylation sites is 2. The van der Waals surface area contributed by atoms with Crippen LogP contribution < -0.4 is 5.32 Å². The van der Waals surface area contributed by atoms with Crippen molar-refractivity contribution in [3.63, 3.8) is 0 Å². The van der Waals surface area contributed by atoms with Crippen LogP contribution in [0.15, 0.2) is 24.3 Å². The van der Waals surface area contributed by atoms with Crippen LogP contribution in [0.4, 0.5) is 0 Å². The fourth-order valence-corrected chi connectivity index (χ4v) is 2.43. The maximum absolute atomic E-state index is 11.9. The van der Waals surface area contributed by atoms with Crippen LogP contribution in [0.3, 0.4) is 0 Å². The molecule has 0 bridgehead atoms. The molecule has 0 spiro atoms. The number of amides is 1. The van der Waals surface area contributed by atoms with Gasteiger partial charge in [0.25, 0.3) is 0 Å². The van der Waals surface area contributed by atoms with E-state index in [0.717, 1.165) is 16.9 Å². The molecule has 2 N–H and O–H groups in total. The minimum absolute atomic E-state index is 0.179. The van der Waals surface area contributed by atoms with Crippen LogP contribution in [-0.2, 0) is 9.59 Å². The summed E-state index contributed by atoms with van der Waals surface area (Å²) < 4.78 is 2.06. The second-order valence-electron chi connectivity index (χ2n) is 5.71. The summed E-state index contributed by atoms with van der Waals surface area (Å²) in [6.07, 6.45) is 0. The van der Waals surface area contributed by atoms with Crippen molar-refractivity contribution in [2.75, 3.05) is 0 Å². The molecule has 1 aromatic carbocycles. The Morgan fingerprint density at radius 3 is 2.41 bits per heavy atom. The number of hydrogen-bond acceptors (Lipinski definition) is 3. The maximum Gasteiger partial charge on any atom is 0.315 e. The Hall–Kier alpha value is -2.37. The number of rotatable bonds is 5. The minimum Gasteiger partial charge on any atom is -0.481 e. The first-order chi connectivity index (χ1) is 10.3. The van der Waals surface area contributed by atoms with Gasteiger partial charge < -0.3 is 15.0 Å². The Bertz CT molecular complexity index is 706. The quantitative estimate of drug-likeness (QED) is 0.831. The van der Waals surface area contributed by atoms with Gasteiger partial charge in [-0.2, -0.15) is 0 Å². The Balaban J connectivity index is 2.35. The van der Waals surface area contributed by atoms with Crippen LogP contribution in [0.5, 0.6) is 0 Å². The van der Waals surface area contributed by atoms with Crippen molar-refractivity contribution in [3.8, 4) is 0 Å². The molecule has 1 amide bonds. The van der Waals surface area contributed by atoms with Crippen LogP contribution in [0.1, 0.15) is 45.6 Å². The van der Waals surface area contributed by atoms with Gasteiger partial charge in [-0.25, -0.2) is 4.98 Å². The third kappa shape index (κ3) is 2.95. The predicted octanol–water partition coefficient (Wildman–Crippen LogP) is 2.52. The molecule has 22 heavy (non-hydrogen) atoms. The SMILES string of the molecule is CC(C(=O)O)C(=O)NC(C)c1nc2ccccc2n1C(C)C. The number of aliphatic carboxylic acids is 1. The third-order valence-corrected chi connectivity index (χ3v) is 3.65. The lowest BCUT2D eigenvalue weighted by Crippen LogP contribution is -2.36. The van der Waals surface area contributed by atoms with Crippen molar-refractivity contribution in [2.24, 2.45) is 5.92 Å². The summed E-state index contributed by atoms with van der Waals surface area (Å²) >= 11 is 0. The molecule has 1 aromatic heterocycles. The van der Waals surface area contributed by atoms with Crippen molar-refractivity contribution in [2.45, 2.75) is 39.8 Å². The molecule has 2 aromatic rings. The van der Waals surface area contributed by atoms with Crippen LogP contribution in [0, 0.1) is 5.92 Å². The Labute approximate surface area is 129 Å². The van der Waals surface area contributed by atoms with E-state index in [2.05, 4.69) is 14.9 Å². The van der Waals surface area contributed by atoms with Gasteiger partial charge in [-0.3, -0.25) is 9.59 Å². The summed E-state index contributed by atoms with van der Waals surface area (Å²) in [7, 11) is 0. The van der Waals surface area contributed by atoms with E-state index in [-0.39, 0.29) is 12.1 Å². The van der Waals surface area contributed by atoms with Gasteiger partial charge in [-0.15, -0.1) is 0 Å². The lowest BCUT2D eigenvalue weighted by atomic mass is 10.1. The second-order valence-corrected chi connectivity index (χ2v) is 5.71. The Morgan fingerprint density at radius 2 is 1.82 bits per heavy atom. The zero-order valence-electron chi connectivity index (χ0n) is 13.2. The molecule has 0 saturated heterocycles. The van der Waals surface area contributed by atoms with E-state index in [1.165, 1.54) is 6.92 Å². The fraction of sp³-hybridized carbons (Fsp3) is 0.438. The van der Waals surface area contributed by atoms with Crippen molar-refractivity contribution in [1.29, 1.82) is 0 Å². The van der Waals surface area contributed by atoms with E-state index in [4.69, 9.17) is 5.11 Å². The molecule has 6 heteroatoms. The Morgan fingerprint density at radius 1 is 1.18 bits per heavy atom. The first-order valence-electron chi connectivity index (χ1n) is 7.33. The number of fused-ring (bicyclic) bond motifs is 1. The highest BCUT2D eigenvalue weighted by Gasteiger charge is 2.25. The lowest BCUT2D eigenvalue weighted by Gasteiger charge is -2.19. The number of carboxylic acids is 1. The number of aromatic nitrogens is 2. The largest absolute Gasteiger partial charge is 0.481 e. The molecule has 0 radical (unpaired) electrons. The molecule has 0 aliphatic rings. The summed E-state index contributed by atoms with van der Waals surface area (Å²) in [5.41, 5.74) is 1.86. The van der Waals surface area contributed by atoms with E-state index in [1.807, 2.05) is 45.0 Å². The topological polar surface area (TPSA) is 84.2 Å². The number of nitrogens with one attached hydrogen (secondary N) is 1. The maximum atomic E-state index is 11.9. The molecular weight excluding hydrogens is 282 g/mol. The van der Waals surface area contributed by atoms with E-state index in [9.17, 15) is 9.59 Å². The van der Waals surface area contributed by atoms with E-state index in [0.29, 0.717) is 0 Å². The number of carbonyl (C=O) groups excluding carboxylic acids is 1. The highest BCUT2D eigenvalue weighted by Crippen LogP contribution is 2.24. The van der Waals surface area contributed by atoms with Gasteiger partial charge in [0.2, 0.25) is 5.91 Å². The molecule has 0 fully saturated rings. The summed E-state index contributed by atoms with van der Waals surface area (Å²) in [4.78, 5) is 27.4. The average Bonchev–Trinajstić information content (AvgIpc) is 2.85. The zero-order chi connectivity index (χ0) is 16.4. The number of carboxylic acid groups (broad SMARTS) is 1. The van der Waals surface area contributed by atoms with Crippen molar-refractivity contribution in [1.82, 2.24) is 14.9 Å². The number of hydrogen-bond donors (Lipinski definition) is 2. The molecule has 2 atom stereocenters. The normalized spacial score (nSPS) is 14.0. The number of imidazole rings is 1. The molecular formula is C16H21N3O3. The monoisotopic (exact) mass is 303 g/mol. The van der Waals surface area contributed by atoms with Crippen LogP contribution in [0.2, 0.25) is 0 Å². The smallest absolute Gasteiger partial charge is 0.315 e. The molecule has 2 rings (SSSR count). The molecule has 0 aliphatic carbocycles. The Kier molecular flexibility index (Phi) is 4.49. The minimum atomic E-state index is -1.14. The molecule has 1 heterocycles. The van der Waals surface area contributed by atoms with E-state index in [1.54, 1.807) is 0 Å². The zero-order valence-corrected chi connectivity index (χ0v) is 13.2. The standard InChI is InChI=1S/C16H21N3O3/c1-9(2)19-13-8-6-5-7-12(13)18-14(19)11(4)17-15(20)10(3)16(21)22/h5-11H,1-4H3,(H,17,20)(H,21,22). The third-order valence-electron chi connectivity index (χ3n) is 3.65. The van der Waals surface area contributed by atoms with Crippen molar-refractivity contribution in [3.05, 3.63) is 30.1 Å². The molecule has 118 valence electrons. The summed E-state index contributed by atoms with van der Waals surface area (Å²) in [5, 5.41) is 11.6. The van der Waals surface area contributed by atoms with Gasteiger partial charge >= 0.3 is 5.97 Å². The number of carbonyl (C=O) groups is 2. The van der Waals surface area contributed by atoms with Gasteiger partial charge in [0.15, 0.2) is 0 Å². The summed E-state index contributed by atoms with van der Waals surface area (Å²) in [5.74, 6) is -2.01. The summed E-state index contributed by atoms with van der Waals surface area (Å²) in [6, 6.07) is 7.58. The first kappa shape index (κ1) is 16.0. The van der Waals surface area contributed by atoms with Gasteiger partial charge in [0, 0.05) is 6.04 Å². The number of benzene rings is 1. The molecule has 2 unspecified atom stereocenters. The molecule has 0 aliphatic heterocycles. The van der Waals surface area contributed by atoms with Crippen LogP contribution in [0.25, 0.3) is 11.0 Å². The van der Waals surface area contributed by atoms with Gasteiger partial charge in [-0.1, -0.05) is 12.1 Å². The number of nitrogens with zero attached hydrogens (tertiary/aromatic N) is 2. The predicted molar refractivity (Wildman–Crippen MR) is 83.5 cm³/mol. The van der Waals surface area contributed by atoms with Gasteiger partial charge in [0.1, 0.15) is 11.7 Å². The average molecular weight is 303 g/mol. The summed E-state index contributed by atoms with van der Waals surface area (Å²) in [6.45, 7) is 7.28. The molecule has 0 saturated carbocycles. The van der Waals surface area contributed by atoms with Crippen molar-refractivity contribution < 1.29 is 14.7 Å². The van der Waals surface area contributed by atoms with Gasteiger partial charge in [0.05, 0.1) is 17.1 Å². The van der Waals surface area contributed by atoms with Gasteiger partial charge in [-0.05, 0) is 39.8 Å². The van der Waals surface area contributed by atoms with Crippen molar-refractivity contribution >= 4 is 22.9 Å². The van der Waals surface area contributed by atoms with Crippen LogP contribution >= 0.6 is 0 Å². The van der Waals surface area contributed by atoms with E-state index < -0.39 is 17.8 Å². The first-order valence-corrected chi connectivity index (χ1v) is 7.33. The molecule has 6 nitrogen and oxygen atoms in total. The lowest BCUT2D eigenvalue weighted by molar-refractivity contribution is -0.146. The second kappa shape index (κ2) is 6.17. The highest BCUT2D eigenvalue weighted by molar-refractivity contribution is 5.96. The van der Waals surface area contributed by atoms with Crippen LogP contribution in [-0.4, -0.2) is 26.5 Å². The fourth-order valence-electron chi connectivity index (χ4n) is 2.43.